The Kier molecular flexibility index (Phi) is 3.98. The van der Waals surface area contributed by atoms with Crippen molar-refractivity contribution in [3.8, 4) is 6.07 Å². The van der Waals surface area contributed by atoms with Crippen molar-refractivity contribution in [3.05, 3.63) is 29.2 Å². The highest BCUT2D eigenvalue weighted by Gasteiger charge is 2.49. The molecule has 1 aromatic rings. The topological polar surface area (TPSA) is 87.2 Å². The second kappa shape index (κ2) is 5.69. The van der Waals surface area contributed by atoms with E-state index in [1.54, 1.807) is 19.9 Å². The molecule has 1 unspecified atom stereocenters. The molecule has 138 valence electrons. The number of allylic oxidation sites excluding steroid dienone is 1. The summed E-state index contributed by atoms with van der Waals surface area (Å²) in [6, 6.07) is 2.49. The van der Waals surface area contributed by atoms with Gasteiger partial charge in [-0.15, -0.1) is 0 Å². The number of carbonyl (C=O) groups excluding carboxylic acids is 2. The number of ketones is 1. The van der Waals surface area contributed by atoms with E-state index in [0.717, 1.165) is 0 Å². The van der Waals surface area contributed by atoms with E-state index in [1.165, 1.54) is 4.90 Å². The maximum atomic E-state index is 12.6. The van der Waals surface area contributed by atoms with Crippen LogP contribution in [0.2, 0.25) is 0 Å². The first kappa shape index (κ1) is 18.2. The molecule has 1 amide bonds. The molecule has 0 radical (unpaired) electrons. The molecule has 2 heterocycles. The van der Waals surface area contributed by atoms with Gasteiger partial charge in [-0.1, -0.05) is 25.1 Å². The molecule has 6 nitrogen and oxygen atoms in total. The standard InChI is InChI=1S/C17H16F3N3O3/c1-15(2)8-16(6-10(7-21)13(15)24)3-4-23(9-16)14(25)11-5-12(22-26-11)17(18,19)20/h5-6H,3-4,8-9H2,1-2H3. The molecule has 2 aliphatic rings. The zero-order chi connectivity index (χ0) is 19.3. The van der Waals surface area contributed by atoms with Crippen LogP contribution >= 0.6 is 0 Å². The maximum Gasteiger partial charge on any atom is 0.436 e. The predicted molar refractivity (Wildman–Crippen MR) is 81.6 cm³/mol. The fraction of sp³-hybridized carbons (Fsp3) is 0.529. The highest BCUT2D eigenvalue weighted by atomic mass is 19.4. The van der Waals surface area contributed by atoms with Gasteiger partial charge in [0.1, 0.15) is 6.07 Å². The minimum atomic E-state index is -4.69. The monoisotopic (exact) mass is 367 g/mol. The van der Waals surface area contributed by atoms with Gasteiger partial charge in [0.2, 0.25) is 5.76 Å². The summed E-state index contributed by atoms with van der Waals surface area (Å²) >= 11 is 0. The number of halogens is 3. The summed E-state index contributed by atoms with van der Waals surface area (Å²) in [5.74, 6) is -1.41. The van der Waals surface area contributed by atoms with E-state index in [9.17, 15) is 28.0 Å². The maximum absolute atomic E-state index is 12.6. The molecule has 1 spiro atoms. The number of aromatic nitrogens is 1. The van der Waals surface area contributed by atoms with Gasteiger partial charge in [-0.2, -0.15) is 18.4 Å². The highest BCUT2D eigenvalue weighted by Crippen LogP contribution is 2.48. The molecule has 3 rings (SSSR count). The van der Waals surface area contributed by atoms with Gasteiger partial charge < -0.3 is 9.42 Å². The van der Waals surface area contributed by atoms with Crippen LogP contribution in [0.1, 0.15) is 42.9 Å². The van der Waals surface area contributed by atoms with Gasteiger partial charge in [-0.3, -0.25) is 9.59 Å². The molecule has 1 fully saturated rings. The molecule has 1 atom stereocenters. The Bertz CT molecular complexity index is 847. The van der Waals surface area contributed by atoms with Gasteiger partial charge >= 0.3 is 6.18 Å². The lowest BCUT2D eigenvalue weighted by Crippen LogP contribution is -2.40. The Hall–Kier alpha value is -2.63. The molecule has 0 bridgehead atoms. The fourth-order valence-electron chi connectivity index (χ4n) is 3.83. The summed E-state index contributed by atoms with van der Waals surface area (Å²) < 4.78 is 42.4. The van der Waals surface area contributed by atoms with Crippen molar-refractivity contribution < 1.29 is 27.3 Å². The first-order valence-electron chi connectivity index (χ1n) is 7.98. The SMILES string of the molecule is CC1(C)CC2(C=C(C#N)C1=O)CCN(C(=O)c1cc(C(F)(F)F)no1)C2. The lowest BCUT2D eigenvalue weighted by molar-refractivity contribution is -0.142. The summed E-state index contributed by atoms with van der Waals surface area (Å²) in [6.07, 6.45) is -2.11. The summed E-state index contributed by atoms with van der Waals surface area (Å²) in [7, 11) is 0. The van der Waals surface area contributed by atoms with Crippen LogP contribution in [0.4, 0.5) is 13.2 Å². The van der Waals surface area contributed by atoms with Crippen LogP contribution in [0.5, 0.6) is 0 Å². The van der Waals surface area contributed by atoms with Crippen molar-refractivity contribution in [2.45, 2.75) is 32.9 Å². The number of nitrogens with zero attached hydrogens (tertiary/aromatic N) is 3. The van der Waals surface area contributed by atoms with Gasteiger partial charge in [0.05, 0.1) is 5.57 Å². The quantitative estimate of drug-likeness (QED) is 0.762. The first-order valence-corrected chi connectivity index (χ1v) is 7.98. The predicted octanol–water partition coefficient (Wildman–Crippen LogP) is 2.97. The Morgan fingerprint density at radius 1 is 1.42 bits per heavy atom. The van der Waals surface area contributed by atoms with Crippen LogP contribution in [0.3, 0.4) is 0 Å². The lowest BCUT2D eigenvalue weighted by Gasteiger charge is -2.38. The third-order valence-corrected chi connectivity index (χ3v) is 4.91. The zero-order valence-corrected chi connectivity index (χ0v) is 14.2. The average molecular weight is 367 g/mol. The molecule has 0 N–H and O–H groups in total. The van der Waals surface area contributed by atoms with Crippen LogP contribution in [-0.4, -0.2) is 34.8 Å². The lowest BCUT2D eigenvalue weighted by atomic mass is 9.64. The van der Waals surface area contributed by atoms with Crippen LogP contribution in [0, 0.1) is 22.2 Å². The number of Topliss-reactive ketones (excluding diaryl/α,β-unsaturated/α-hetero) is 1. The van der Waals surface area contributed by atoms with Crippen molar-refractivity contribution in [3.63, 3.8) is 0 Å². The number of likely N-dealkylation sites (tertiary alicyclic amines) is 1. The molecule has 1 aliphatic heterocycles. The van der Waals surface area contributed by atoms with Gasteiger partial charge in [0, 0.05) is 30.0 Å². The van der Waals surface area contributed by atoms with Gasteiger partial charge in [-0.25, -0.2) is 0 Å². The minimum absolute atomic E-state index is 0.0644. The molecular weight excluding hydrogens is 351 g/mol. The average Bonchev–Trinajstić information content (AvgIpc) is 3.17. The molecule has 9 heteroatoms. The van der Waals surface area contributed by atoms with Crippen molar-refractivity contribution in [1.82, 2.24) is 10.1 Å². The third kappa shape index (κ3) is 3.00. The van der Waals surface area contributed by atoms with Crippen molar-refractivity contribution in [1.29, 1.82) is 5.26 Å². The summed E-state index contributed by atoms with van der Waals surface area (Å²) in [5.41, 5.74) is -2.49. The van der Waals surface area contributed by atoms with Crippen LogP contribution in [0.25, 0.3) is 0 Å². The van der Waals surface area contributed by atoms with E-state index in [4.69, 9.17) is 0 Å². The van der Waals surface area contributed by atoms with Crippen LogP contribution in [-0.2, 0) is 11.0 Å². The van der Waals surface area contributed by atoms with Gasteiger partial charge in [-0.05, 0) is 12.8 Å². The van der Waals surface area contributed by atoms with E-state index in [1.807, 2.05) is 6.07 Å². The second-order valence-corrected chi connectivity index (χ2v) is 7.47. The number of alkyl halides is 3. The number of hydrogen-bond acceptors (Lipinski definition) is 5. The van der Waals surface area contributed by atoms with Crippen molar-refractivity contribution >= 4 is 11.7 Å². The molecule has 0 saturated carbocycles. The Morgan fingerprint density at radius 2 is 2.12 bits per heavy atom. The third-order valence-electron chi connectivity index (χ3n) is 4.91. The molecule has 1 aliphatic carbocycles. The van der Waals surface area contributed by atoms with Crippen LogP contribution in [0.15, 0.2) is 22.2 Å². The molecule has 1 saturated heterocycles. The Morgan fingerprint density at radius 3 is 2.69 bits per heavy atom. The number of carbonyl (C=O) groups is 2. The van der Waals surface area contributed by atoms with Crippen molar-refractivity contribution in [2.24, 2.45) is 10.8 Å². The number of nitriles is 1. The van der Waals surface area contributed by atoms with Crippen LogP contribution < -0.4 is 0 Å². The fourth-order valence-corrected chi connectivity index (χ4v) is 3.83. The molecular formula is C17H16F3N3O3. The van der Waals surface area contributed by atoms with Crippen molar-refractivity contribution in [2.75, 3.05) is 13.1 Å². The largest absolute Gasteiger partial charge is 0.436 e. The number of amides is 1. The van der Waals surface area contributed by atoms with Gasteiger partial charge in [0.15, 0.2) is 11.5 Å². The Labute approximate surface area is 147 Å². The highest BCUT2D eigenvalue weighted by molar-refractivity contribution is 6.03. The van der Waals surface area contributed by atoms with E-state index >= 15 is 0 Å². The van der Waals surface area contributed by atoms with E-state index in [0.29, 0.717) is 25.5 Å². The number of rotatable bonds is 1. The molecule has 1 aromatic heterocycles. The van der Waals surface area contributed by atoms with E-state index < -0.39 is 34.4 Å². The Balaban J connectivity index is 1.83. The smallest absolute Gasteiger partial charge is 0.350 e. The van der Waals surface area contributed by atoms with Gasteiger partial charge in [0.25, 0.3) is 5.91 Å². The van der Waals surface area contributed by atoms with E-state index in [2.05, 4.69) is 9.68 Å². The molecule has 0 aromatic carbocycles. The zero-order valence-electron chi connectivity index (χ0n) is 14.2. The summed E-state index contributed by atoms with van der Waals surface area (Å²) in [5, 5.41) is 12.1. The normalized spacial score (nSPS) is 25.3. The van der Waals surface area contributed by atoms with E-state index in [-0.39, 0.29) is 17.9 Å². The molecule has 26 heavy (non-hydrogen) atoms. The summed E-state index contributed by atoms with van der Waals surface area (Å²) in [4.78, 5) is 26.1. The summed E-state index contributed by atoms with van der Waals surface area (Å²) in [6.45, 7) is 3.99. The minimum Gasteiger partial charge on any atom is -0.350 e. The first-order chi connectivity index (χ1) is 12.0. The second-order valence-electron chi connectivity index (χ2n) is 7.47. The number of hydrogen-bond donors (Lipinski definition) is 0.